The molecule has 7 heteroatoms. The van der Waals surface area contributed by atoms with Gasteiger partial charge in [-0.3, -0.25) is 4.79 Å². The Kier molecular flexibility index (Phi) is 16.7. The smallest absolute Gasteiger partial charge is 0.322 e. The number of aliphatic hydroxyl groups excluding tert-OH is 1. The molecule has 22 heavy (non-hydrogen) atoms. The molecule has 0 aliphatic heterocycles. The van der Waals surface area contributed by atoms with Gasteiger partial charge in [0, 0.05) is 36.0 Å². The van der Waals surface area contributed by atoms with Gasteiger partial charge in [0.15, 0.2) is 0 Å². The first-order valence-electron chi connectivity index (χ1n) is 8.01. The summed E-state index contributed by atoms with van der Waals surface area (Å²) in [6.45, 7) is 2.95. The van der Waals surface area contributed by atoms with Crippen molar-refractivity contribution in [3.8, 4) is 0 Å². The van der Waals surface area contributed by atoms with Crippen LogP contribution >= 0.6 is 0 Å². The van der Waals surface area contributed by atoms with Gasteiger partial charge in [-0.1, -0.05) is 58.3 Å². The summed E-state index contributed by atoms with van der Waals surface area (Å²) >= 11 is 0. The molecule has 127 valence electrons. The summed E-state index contributed by atoms with van der Waals surface area (Å²) in [5.74, 6) is -0.724. The number of unbranched alkanes of at least 4 members (excludes halogenated alkanes) is 8. The summed E-state index contributed by atoms with van der Waals surface area (Å²) in [7, 11) is -3.97. The summed E-state index contributed by atoms with van der Waals surface area (Å²) in [5, 5.41) is 7.70. The third-order valence-corrected chi connectivity index (χ3v) is 5.00. The van der Waals surface area contributed by atoms with E-state index in [1.165, 1.54) is 45.4 Å². The average molecular weight is 345 g/mol. The Hall–Kier alpha value is 0.380. The van der Waals surface area contributed by atoms with Gasteiger partial charge in [-0.15, -0.1) is 0 Å². The second-order valence-corrected chi connectivity index (χ2v) is 7.48. The molecule has 0 saturated heterocycles. The van der Waals surface area contributed by atoms with Gasteiger partial charge in [0.25, 0.3) is 0 Å². The van der Waals surface area contributed by atoms with Gasteiger partial charge < -0.3 is 9.29 Å². The monoisotopic (exact) mass is 345 g/mol. The van der Waals surface area contributed by atoms with Crippen molar-refractivity contribution in [2.24, 2.45) is 0 Å². The average Bonchev–Trinajstić information content (AvgIpc) is 2.44. The van der Waals surface area contributed by atoms with Crippen molar-refractivity contribution in [3.63, 3.8) is 0 Å². The zero-order chi connectivity index (χ0) is 16.1. The van der Waals surface area contributed by atoms with Crippen LogP contribution in [-0.4, -0.2) is 60.9 Å². The summed E-state index contributed by atoms with van der Waals surface area (Å²) < 4.78 is 27.3. The van der Waals surface area contributed by atoms with Crippen molar-refractivity contribution in [1.82, 2.24) is 0 Å². The molecule has 0 amide bonds. The minimum atomic E-state index is -3.97. The van der Waals surface area contributed by atoms with Gasteiger partial charge in [-0.2, -0.15) is 8.42 Å². The summed E-state index contributed by atoms with van der Waals surface area (Å²) in [5.41, 5.74) is 0. The number of rotatable bonds is 13. The molecule has 5 nitrogen and oxygen atoms in total. The van der Waals surface area contributed by atoms with Crippen molar-refractivity contribution in [1.29, 1.82) is 0 Å². The molecular formula is C15H30NaO5S. The molecule has 1 radical (unpaired) electrons. The Morgan fingerprint density at radius 1 is 1.00 bits per heavy atom. The van der Waals surface area contributed by atoms with E-state index in [1.807, 2.05) is 0 Å². The van der Waals surface area contributed by atoms with Crippen LogP contribution in [0, 0.1) is 0 Å². The minimum Gasteiger partial charge on any atom is -0.395 e. The van der Waals surface area contributed by atoms with E-state index >= 15 is 0 Å². The van der Waals surface area contributed by atoms with Crippen LogP contribution in [0.5, 0.6) is 0 Å². The fourth-order valence-corrected chi connectivity index (χ4v) is 2.61. The molecule has 0 rings (SSSR count). The van der Waals surface area contributed by atoms with Gasteiger partial charge in [-0.25, -0.2) is 0 Å². The molecule has 0 aromatic carbocycles. The van der Waals surface area contributed by atoms with E-state index in [9.17, 15) is 13.2 Å². The number of carbonyl (C=O) groups is 1. The van der Waals surface area contributed by atoms with E-state index in [0.717, 1.165) is 12.8 Å². The number of carbonyl (C=O) groups excluding carboxylic acids is 1. The standard InChI is InChI=1S/C15H30O5S.Na/c1-3-4-5-6-7-8-9-10-11-12-15(17)20-21(18,19)14(2)13-16;/h14,16H,3-13H2,1-2H3;. The quantitative estimate of drug-likeness (QED) is 0.315. The maximum atomic E-state index is 11.4. The molecule has 1 unspecified atom stereocenters. The van der Waals surface area contributed by atoms with Gasteiger partial charge in [0.2, 0.25) is 0 Å². The van der Waals surface area contributed by atoms with Crippen LogP contribution in [0.2, 0.25) is 0 Å². The van der Waals surface area contributed by atoms with Crippen LogP contribution in [0.1, 0.15) is 78.1 Å². The first-order valence-corrected chi connectivity index (χ1v) is 9.48. The van der Waals surface area contributed by atoms with Crippen LogP contribution in [0.4, 0.5) is 0 Å². The molecule has 0 spiro atoms. The maximum Gasteiger partial charge on any atom is 0.322 e. The van der Waals surface area contributed by atoms with Gasteiger partial charge >= 0.3 is 16.1 Å². The van der Waals surface area contributed by atoms with Crippen molar-refractivity contribution < 1.29 is 22.5 Å². The van der Waals surface area contributed by atoms with Crippen LogP contribution in [0.15, 0.2) is 0 Å². The zero-order valence-corrected chi connectivity index (χ0v) is 17.2. The molecular weight excluding hydrogens is 315 g/mol. The van der Waals surface area contributed by atoms with E-state index in [4.69, 9.17) is 5.11 Å². The Balaban J connectivity index is 0. The molecule has 0 aliphatic rings. The second-order valence-electron chi connectivity index (χ2n) is 5.52. The number of aliphatic hydroxyl groups is 1. The van der Waals surface area contributed by atoms with Crippen molar-refractivity contribution in [2.45, 2.75) is 83.3 Å². The first-order chi connectivity index (χ1) is 9.94. The van der Waals surface area contributed by atoms with E-state index in [-0.39, 0.29) is 36.0 Å². The Labute approximate surface area is 157 Å². The third-order valence-electron chi connectivity index (χ3n) is 3.44. The Morgan fingerprint density at radius 2 is 1.45 bits per heavy atom. The predicted molar refractivity (Wildman–Crippen MR) is 89.2 cm³/mol. The number of hydrogen-bond acceptors (Lipinski definition) is 5. The van der Waals surface area contributed by atoms with Gasteiger partial charge in [0.05, 0.1) is 6.61 Å². The van der Waals surface area contributed by atoms with Crippen LogP contribution in [0.3, 0.4) is 0 Å². The van der Waals surface area contributed by atoms with Crippen molar-refractivity contribution in [2.75, 3.05) is 6.61 Å². The van der Waals surface area contributed by atoms with E-state index < -0.39 is 27.9 Å². The van der Waals surface area contributed by atoms with E-state index in [0.29, 0.717) is 6.42 Å². The molecule has 0 saturated carbocycles. The SMILES string of the molecule is CCCCCCCCCCCC(=O)OS(=O)(=O)C(C)CO.[Na]. The topological polar surface area (TPSA) is 80.7 Å². The van der Waals surface area contributed by atoms with E-state index in [1.54, 1.807) is 0 Å². The normalized spacial score (nSPS) is 12.5. The van der Waals surface area contributed by atoms with Gasteiger partial charge in [0.1, 0.15) is 5.25 Å². The number of hydrogen-bond donors (Lipinski definition) is 1. The summed E-state index contributed by atoms with van der Waals surface area (Å²) in [6, 6.07) is 0. The molecule has 0 aliphatic carbocycles. The molecule has 0 fully saturated rings. The van der Waals surface area contributed by atoms with Crippen LogP contribution in [0.25, 0.3) is 0 Å². The van der Waals surface area contributed by atoms with Crippen LogP contribution in [-0.2, 0) is 19.1 Å². The fraction of sp³-hybridized carbons (Fsp3) is 0.933. The second kappa shape index (κ2) is 14.9. The molecule has 1 atom stereocenters. The summed E-state index contributed by atoms with van der Waals surface area (Å²) in [6.07, 6.45) is 10.3. The Morgan fingerprint density at radius 3 is 1.91 bits per heavy atom. The van der Waals surface area contributed by atoms with E-state index in [2.05, 4.69) is 11.1 Å². The molecule has 1 N–H and O–H groups in total. The molecule has 0 aromatic rings. The molecule has 0 bridgehead atoms. The zero-order valence-electron chi connectivity index (χ0n) is 14.3. The maximum absolute atomic E-state index is 11.4. The largest absolute Gasteiger partial charge is 0.395 e. The molecule has 0 aromatic heterocycles. The van der Waals surface area contributed by atoms with Gasteiger partial charge in [-0.05, 0) is 13.3 Å². The Bertz CT molecular complexity index is 370. The third kappa shape index (κ3) is 12.9. The minimum absolute atomic E-state index is 0. The fourth-order valence-electron chi connectivity index (χ4n) is 1.92. The van der Waals surface area contributed by atoms with Crippen molar-refractivity contribution >= 4 is 45.6 Å². The first kappa shape index (κ1) is 24.6. The predicted octanol–water partition coefficient (Wildman–Crippen LogP) is 2.78. The molecule has 0 heterocycles. The van der Waals surface area contributed by atoms with Crippen molar-refractivity contribution in [3.05, 3.63) is 0 Å². The van der Waals surface area contributed by atoms with Crippen LogP contribution < -0.4 is 0 Å². The summed E-state index contributed by atoms with van der Waals surface area (Å²) in [4.78, 5) is 11.4.